The first kappa shape index (κ1) is 15.8. The van der Waals surface area contributed by atoms with E-state index < -0.39 is 0 Å². The fourth-order valence-corrected chi connectivity index (χ4v) is 3.41. The molecule has 0 fully saturated rings. The zero-order valence-electron chi connectivity index (χ0n) is 14.0. The Kier molecular flexibility index (Phi) is 4.24. The molecule has 1 atom stereocenters. The van der Waals surface area contributed by atoms with Crippen molar-refractivity contribution in [3.8, 4) is 11.5 Å². The molecule has 0 saturated carbocycles. The molecule has 25 heavy (non-hydrogen) atoms. The number of fused-ring (bicyclic) bond motifs is 1. The first-order chi connectivity index (χ1) is 12.2. The number of nitrogens with zero attached hydrogens (tertiary/aromatic N) is 3. The third-order valence-electron chi connectivity index (χ3n) is 3.96. The second-order valence-corrected chi connectivity index (χ2v) is 7.27. The van der Waals surface area contributed by atoms with Crippen LogP contribution in [0.5, 0.6) is 0 Å². The van der Waals surface area contributed by atoms with E-state index in [9.17, 15) is 0 Å². The molecule has 4 nitrogen and oxygen atoms in total. The zero-order valence-corrected chi connectivity index (χ0v) is 14.8. The fourth-order valence-electron chi connectivity index (χ4n) is 2.56. The van der Waals surface area contributed by atoms with Crippen LogP contribution in [0.25, 0.3) is 22.4 Å². The summed E-state index contributed by atoms with van der Waals surface area (Å²) in [6.45, 7) is 4.10. The van der Waals surface area contributed by atoms with Crippen LogP contribution in [0.15, 0.2) is 70.1 Å². The third-order valence-corrected chi connectivity index (χ3v) is 4.98. The highest BCUT2D eigenvalue weighted by molar-refractivity contribution is 7.99. The fraction of sp³-hybridized carbons (Fsp3) is 0.150. The number of benzene rings is 2. The lowest BCUT2D eigenvalue weighted by molar-refractivity contribution is 0.509. The molecule has 0 radical (unpaired) electrons. The van der Waals surface area contributed by atoms with Crippen molar-refractivity contribution in [2.24, 2.45) is 0 Å². The molecule has 124 valence electrons. The van der Waals surface area contributed by atoms with Crippen molar-refractivity contribution in [1.29, 1.82) is 0 Å². The lowest BCUT2D eigenvalue weighted by Crippen LogP contribution is -1.90. The minimum atomic E-state index is 0.0281. The van der Waals surface area contributed by atoms with E-state index in [0.717, 1.165) is 21.5 Å². The summed E-state index contributed by atoms with van der Waals surface area (Å²) in [7, 11) is 0. The summed E-state index contributed by atoms with van der Waals surface area (Å²) in [6, 6.07) is 20.3. The van der Waals surface area contributed by atoms with Crippen molar-refractivity contribution in [3.05, 3.63) is 72.1 Å². The van der Waals surface area contributed by atoms with Gasteiger partial charge in [-0.2, -0.15) is 0 Å². The number of hydrogen-bond acceptors (Lipinski definition) is 5. The highest BCUT2D eigenvalue weighted by Gasteiger charge is 2.17. The standard InChI is InChI=1S/C20H17N3OS/c1-13-7-9-16(10-8-13)20-23-22-19(24-20)14(2)25-18-12-11-15-5-3-4-6-17(15)21-18/h3-12,14H,1-2H3. The molecule has 4 aromatic rings. The molecule has 0 spiro atoms. The van der Waals surface area contributed by atoms with Gasteiger partial charge >= 0.3 is 0 Å². The predicted molar refractivity (Wildman–Crippen MR) is 100 cm³/mol. The summed E-state index contributed by atoms with van der Waals surface area (Å²) in [5, 5.41) is 10.5. The summed E-state index contributed by atoms with van der Waals surface area (Å²) in [4.78, 5) is 4.69. The Morgan fingerprint density at radius 3 is 2.56 bits per heavy atom. The molecule has 0 aliphatic carbocycles. The Labute approximate surface area is 150 Å². The zero-order chi connectivity index (χ0) is 17.2. The van der Waals surface area contributed by atoms with Crippen molar-refractivity contribution in [2.75, 3.05) is 0 Å². The molecule has 0 bridgehead atoms. The molecule has 5 heteroatoms. The van der Waals surface area contributed by atoms with Gasteiger partial charge in [0.1, 0.15) is 0 Å². The number of hydrogen-bond donors (Lipinski definition) is 0. The largest absolute Gasteiger partial charge is 0.419 e. The van der Waals surface area contributed by atoms with E-state index in [-0.39, 0.29) is 5.25 Å². The van der Waals surface area contributed by atoms with Crippen molar-refractivity contribution in [2.45, 2.75) is 24.1 Å². The molecule has 1 unspecified atom stereocenters. The number of aromatic nitrogens is 3. The first-order valence-corrected chi connectivity index (χ1v) is 9.00. The van der Waals surface area contributed by atoms with Crippen LogP contribution in [-0.2, 0) is 0 Å². The normalized spacial score (nSPS) is 12.4. The van der Waals surface area contributed by atoms with Crippen LogP contribution in [0.2, 0.25) is 0 Å². The highest BCUT2D eigenvalue weighted by atomic mass is 32.2. The van der Waals surface area contributed by atoms with E-state index in [2.05, 4.69) is 34.2 Å². The van der Waals surface area contributed by atoms with Gasteiger partial charge in [-0.25, -0.2) is 4.98 Å². The molecule has 0 N–H and O–H groups in total. The van der Waals surface area contributed by atoms with Gasteiger partial charge in [0, 0.05) is 10.9 Å². The van der Waals surface area contributed by atoms with Crippen LogP contribution in [-0.4, -0.2) is 15.2 Å². The predicted octanol–water partition coefficient (Wildman–Crippen LogP) is 5.45. The Morgan fingerprint density at radius 1 is 0.920 bits per heavy atom. The molecule has 2 aromatic heterocycles. The summed E-state index contributed by atoms with van der Waals surface area (Å²) in [5.74, 6) is 1.16. The smallest absolute Gasteiger partial charge is 0.247 e. The maximum absolute atomic E-state index is 5.86. The molecule has 0 aliphatic rings. The van der Waals surface area contributed by atoms with Gasteiger partial charge in [0.15, 0.2) is 0 Å². The van der Waals surface area contributed by atoms with Crippen LogP contribution in [0.1, 0.15) is 23.6 Å². The van der Waals surface area contributed by atoms with E-state index in [0.29, 0.717) is 11.8 Å². The van der Waals surface area contributed by atoms with Gasteiger partial charge in [-0.15, -0.1) is 10.2 Å². The quantitative estimate of drug-likeness (QED) is 0.460. The van der Waals surface area contributed by atoms with Crippen LogP contribution in [0.3, 0.4) is 0 Å². The number of aryl methyl sites for hydroxylation is 1. The van der Waals surface area contributed by atoms with E-state index >= 15 is 0 Å². The van der Waals surface area contributed by atoms with Crippen molar-refractivity contribution in [3.63, 3.8) is 0 Å². The molecular weight excluding hydrogens is 330 g/mol. The van der Waals surface area contributed by atoms with Crippen LogP contribution in [0.4, 0.5) is 0 Å². The molecule has 0 aliphatic heterocycles. The number of para-hydroxylation sites is 1. The van der Waals surface area contributed by atoms with Gasteiger partial charge in [-0.1, -0.05) is 53.7 Å². The summed E-state index contributed by atoms with van der Waals surface area (Å²) >= 11 is 1.62. The molecule has 2 aromatic carbocycles. The number of pyridine rings is 1. The molecule has 2 heterocycles. The maximum atomic E-state index is 5.86. The second kappa shape index (κ2) is 6.69. The van der Waals surface area contributed by atoms with Crippen LogP contribution in [0, 0.1) is 6.92 Å². The second-order valence-electron chi connectivity index (χ2n) is 5.91. The lowest BCUT2D eigenvalue weighted by Gasteiger charge is -2.07. The van der Waals surface area contributed by atoms with Gasteiger partial charge < -0.3 is 4.42 Å². The first-order valence-electron chi connectivity index (χ1n) is 8.12. The van der Waals surface area contributed by atoms with Gasteiger partial charge in [0.05, 0.1) is 15.8 Å². The van der Waals surface area contributed by atoms with Gasteiger partial charge in [-0.3, -0.25) is 0 Å². The number of thioether (sulfide) groups is 1. The van der Waals surface area contributed by atoms with Crippen molar-refractivity contribution < 1.29 is 4.42 Å². The van der Waals surface area contributed by atoms with E-state index in [1.807, 2.05) is 55.5 Å². The average Bonchev–Trinajstić information content (AvgIpc) is 3.12. The monoisotopic (exact) mass is 347 g/mol. The van der Waals surface area contributed by atoms with E-state index in [1.165, 1.54) is 5.56 Å². The Bertz CT molecular complexity index is 1010. The molecule has 0 amide bonds. The maximum Gasteiger partial charge on any atom is 0.247 e. The minimum absolute atomic E-state index is 0.0281. The van der Waals surface area contributed by atoms with E-state index in [4.69, 9.17) is 4.42 Å². The van der Waals surface area contributed by atoms with Crippen LogP contribution < -0.4 is 0 Å². The molecule has 0 saturated heterocycles. The van der Waals surface area contributed by atoms with Crippen LogP contribution >= 0.6 is 11.8 Å². The minimum Gasteiger partial charge on any atom is -0.419 e. The lowest BCUT2D eigenvalue weighted by atomic mass is 10.1. The Hall–Kier alpha value is -2.66. The van der Waals surface area contributed by atoms with Gasteiger partial charge in [-0.05, 0) is 38.1 Å². The van der Waals surface area contributed by atoms with Gasteiger partial charge in [0.2, 0.25) is 11.8 Å². The summed E-state index contributed by atoms with van der Waals surface area (Å²) in [6.07, 6.45) is 0. The van der Waals surface area contributed by atoms with Crippen molar-refractivity contribution in [1.82, 2.24) is 15.2 Å². The molecule has 4 rings (SSSR count). The highest BCUT2D eigenvalue weighted by Crippen LogP contribution is 2.34. The molecular formula is C20H17N3OS. The SMILES string of the molecule is Cc1ccc(-c2nnc(C(C)Sc3ccc4ccccc4n3)o2)cc1. The topological polar surface area (TPSA) is 51.8 Å². The van der Waals surface area contributed by atoms with E-state index in [1.54, 1.807) is 11.8 Å². The third kappa shape index (κ3) is 3.42. The summed E-state index contributed by atoms with van der Waals surface area (Å²) < 4.78 is 5.86. The van der Waals surface area contributed by atoms with Gasteiger partial charge in [0.25, 0.3) is 0 Å². The Morgan fingerprint density at radius 2 is 1.72 bits per heavy atom. The number of rotatable bonds is 4. The van der Waals surface area contributed by atoms with Crippen molar-refractivity contribution >= 4 is 22.7 Å². The Balaban J connectivity index is 1.54. The average molecular weight is 347 g/mol. The summed E-state index contributed by atoms with van der Waals surface area (Å²) in [5.41, 5.74) is 3.13.